The van der Waals surface area contributed by atoms with Gasteiger partial charge in [-0.25, -0.2) is 4.31 Å². The van der Waals surface area contributed by atoms with Crippen molar-refractivity contribution in [3.05, 3.63) is 11.8 Å². The molecule has 1 amide bonds. The van der Waals surface area contributed by atoms with Gasteiger partial charge < -0.3 is 10.5 Å². The molecular weight excluding hydrogens is 406 g/mol. The number of nitrogens with zero attached hydrogens (tertiary/aromatic N) is 4. The zero-order chi connectivity index (χ0) is 21.9. The molecule has 0 aromatic heterocycles. The molecule has 0 spiro atoms. The second kappa shape index (κ2) is 9.54. The van der Waals surface area contributed by atoms with Crippen LogP contribution in [0, 0.1) is 5.92 Å². The fraction of sp³-hybridized carbons (Fsp3) is 0.800. The van der Waals surface area contributed by atoms with Gasteiger partial charge in [-0.05, 0) is 19.3 Å². The summed E-state index contributed by atoms with van der Waals surface area (Å²) in [5, 5.41) is 6.70. The van der Waals surface area contributed by atoms with Gasteiger partial charge in [0, 0.05) is 70.7 Å². The maximum Gasteiger partial charge on any atom is 0.244 e. The van der Waals surface area contributed by atoms with Crippen LogP contribution in [0.2, 0.25) is 0 Å². The van der Waals surface area contributed by atoms with Crippen LogP contribution in [-0.4, -0.2) is 92.2 Å². The first-order valence-corrected chi connectivity index (χ1v) is 12.4. The Hall–Kier alpha value is -1.17. The van der Waals surface area contributed by atoms with Crippen molar-refractivity contribution >= 4 is 22.9 Å². The van der Waals surface area contributed by atoms with Gasteiger partial charge in [-0.15, -0.1) is 10.8 Å². The van der Waals surface area contributed by atoms with Gasteiger partial charge >= 0.3 is 0 Å². The van der Waals surface area contributed by atoms with Crippen LogP contribution >= 0.6 is 10.8 Å². The van der Waals surface area contributed by atoms with Crippen LogP contribution in [0.15, 0.2) is 16.9 Å². The fourth-order valence-electron chi connectivity index (χ4n) is 4.67. The molecule has 3 heterocycles. The summed E-state index contributed by atoms with van der Waals surface area (Å²) >= 11 is 0. The molecule has 0 bridgehead atoms. The van der Waals surface area contributed by atoms with Crippen LogP contribution in [0.4, 0.5) is 0 Å². The topological polar surface area (TPSA) is 115 Å². The molecule has 2 saturated heterocycles. The predicted octanol–water partition coefficient (Wildman–Crippen LogP) is 1.92. The lowest BCUT2D eigenvalue weighted by Gasteiger charge is -2.57. The van der Waals surface area contributed by atoms with Crippen molar-refractivity contribution in [2.24, 2.45) is 16.8 Å². The van der Waals surface area contributed by atoms with E-state index in [-0.39, 0.29) is 18.9 Å². The lowest BCUT2D eigenvalue weighted by Crippen LogP contribution is -2.60. The molecule has 172 valence electrons. The third-order valence-electron chi connectivity index (χ3n) is 6.64. The Morgan fingerprint density at radius 1 is 1.30 bits per heavy atom. The molecule has 0 radical (unpaired) electrons. The monoisotopic (exact) mass is 443 g/mol. The van der Waals surface area contributed by atoms with Crippen molar-refractivity contribution in [3.63, 3.8) is 0 Å². The number of rotatable bonds is 6. The van der Waals surface area contributed by atoms with Crippen LogP contribution in [0.5, 0.6) is 0 Å². The van der Waals surface area contributed by atoms with Gasteiger partial charge in [0.1, 0.15) is 0 Å². The van der Waals surface area contributed by atoms with E-state index in [1.54, 1.807) is 4.31 Å². The third kappa shape index (κ3) is 4.39. The summed E-state index contributed by atoms with van der Waals surface area (Å²) in [5.41, 5.74) is 6.83. The standard InChI is InChI=1S/C20H37N5O4S/c1-4-5-17(3)25-15-16(2)18(14-22-25)23-8-10-24(11-9-23)30(27,28)20(19(21)26)6-12-29-13-7-20/h5,14,16,18,27-28H,4,6-13,15H2,1-3H3,(H2,21,26)/b17-5+. The molecule has 10 heteroatoms. The summed E-state index contributed by atoms with van der Waals surface area (Å²) in [5.74, 6) is -0.237. The zero-order valence-corrected chi connectivity index (χ0v) is 19.2. The lowest BCUT2D eigenvalue weighted by atomic mass is 9.98. The number of carbonyl (C=O) groups excluding carboxylic acids is 1. The number of primary amides is 1. The number of carbonyl (C=O) groups is 1. The summed E-state index contributed by atoms with van der Waals surface area (Å²) in [4.78, 5) is 14.6. The molecule has 3 aliphatic heterocycles. The van der Waals surface area contributed by atoms with Crippen molar-refractivity contribution in [3.8, 4) is 0 Å². The molecule has 3 aliphatic rings. The molecule has 9 nitrogen and oxygen atoms in total. The minimum atomic E-state index is -3.34. The number of hydrogen-bond donors (Lipinski definition) is 3. The summed E-state index contributed by atoms with van der Waals surface area (Å²) in [6, 6.07) is 0.216. The van der Waals surface area contributed by atoms with Gasteiger partial charge in [0.15, 0.2) is 4.75 Å². The van der Waals surface area contributed by atoms with E-state index >= 15 is 0 Å². The first-order chi connectivity index (χ1) is 14.2. The number of piperazine rings is 1. The van der Waals surface area contributed by atoms with Crippen LogP contribution in [-0.2, 0) is 9.53 Å². The number of nitrogens with two attached hydrogens (primary N) is 1. The highest BCUT2D eigenvalue weighted by Gasteiger charge is 2.53. The first-order valence-electron chi connectivity index (χ1n) is 10.9. The Balaban J connectivity index is 1.65. The average Bonchev–Trinajstić information content (AvgIpc) is 2.74. The summed E-state index contributed by atoms with van der Waals surface area (Å²) in [6.45, 7) is 10.3. The summed E-state index contributed by atoms with van der Waals surface area (Å²) in [6.07, 6.45) is 5.68. The Morgan fingerprint density at radius 3 is 2.47 bits per heavy atom. The Bertz CT molecular complexity index is 672. The highest BCUT2D eigenvalue weighted by atomic mass is 32.3. The van der Waals surface area contributed by atoms with Crippen molar-refractivity contribution in [2.45, 2.75) is 50.8 Å². The largest absolute Gasteiger partial charge is 0.381 e. The van der Waals surface area contributed by atoms with Crippen LogP contribution in [0.25, 0.3) is 0 Å². The Kier molecular flexibility index (Phi) is 7.47. The second-order valence-electron chi connectivity index (χ2n) is 8.52. The molecule has 0 aliphatic carbocycles. The molecule has 30 heavy (non-hydrogen) atoms. The minimum Gasteiger partial charge on any atom is -0.381 e. The molecular formula is C20H37N5O4S. The molecule has 2 unspecified atom stereocenters. The summed E-state index contributed by atoms with van der Waals surface area (Å²) in [7, 11) is -3.34. The Morgan fingerprint density at radius 2 is 1.93 bits per heavy atom. The molecule has 4 N–H and O–H groups in total. The van der Waals surface area contributed by atoms with E-state index in [9.17, 15) is 13.9 Å². The number of amides is 1. The van der Waals surface area contributed by atoms with Gasteiger partial charge in [-0.3, -0.25) is 23.8 Å². The summed E-state index contributed by atoms with van der Waals surface area (Å²) < 4.78 is 27.9. The van der Waals surface area contributed by atoms with Crippen molar-refractivity contribution in [1.29, 1.82) is 0 Å². The van der Waals surface area contributed by atoms with E-state index in [1.807, 2.05) is 6.21 Å². The third-order valence-corrected chi connectivity index (χ3v) is 9.38. The second-order valence-corrected chi connectivity index (χ2v) is 10.9. The number of allylic oxidation sites excluding steroid dienone is 2. The molecule has 0 aromatic rings. The van der Waals surface area contributed by atoms with E-state index in [0.717, 1.165) is 13.0 Å². The Labute approximate surface area is 181 Å². The maximum absolute atomic E-state index is 12.3. The number of hydrogen-bond acceptors (Lipinski definition) is 8. The van der Waals surface area contributed by atoms with Gasteiger partial charge in [-0.1, -0.05) is 19.9 Å². The smallest absolute Gasteiger partial charge is 0.244 e. The normalized spacial score (nSPS) is 29.8. The average molecular weight is 444 g/mol. The SMILES string of the molecule is CC/C=C(\C)N1CC(C)C(N2CCN(S(O)(O)C3(C(N)=O)CCOCC3)CC2)C=N1. The van der Waals surface area contributed by atoms with Crippen LogP contribution < -0.4 is 5.73 Å². The van der Waals surface area contributed by atoms with Crippen molar-refractivity contribution < 1.29 is 18.6 Å². The fourth-order valence-corrected chi connectivity index (χ4v) is 6.82. The predicted molar refractivity (Wildman–Crippen MR) is 120 cm³/mol. The van der Waals surface area contributed by atoms with E-state index in [0.29, 0.717) is 45.3 Å². The van der Waals surface area contributed by atoms with E-state index < -0.39 is 21.4 Å². The molecule has 2 atom stereocenters. The molecule has 0 saturated carbocycles. The van der Waals surface area contributed by atoms with E-state index in [4.69, 9.17) is 10.5 Å². The van der Waals surface area contributed by atoms with E-state index in [1.165, 1.54) is 5.70 Å². The molecule has 3 rings (SSSR count). The number of hydrazone groups is 1. The van der Waals surface area contributed by atoms with Crippen molar-refractivity contribution in [2.75, 3.05) is 45.9 Å². The zero-order valence-electron chi connectivity index (χ0n) is 18.4. The van der Waals surface area contributed by atoms with Gasteiger partial charge in [0.25, 0.3) is 0 Å². The highest BCUT2D eigenvalue weighted by molar-refractivity contribution is 8.24. The maximum atomic E-state index is 12.3. The minimum absolute atomic E-state index is 0.216. The van der Waals surface area contributed by atoms with Gasteiger partial charge in [0.05, 0.1) is 6.04 Å². The lowest BCUT2D eigenvalue weighted by molar-refractivity contribution is -0.123. The first kappa shape index (κ1) is 23.5. The van der Waals surface area contributed by atoms with E-state index in [2.05, 4.69) is 41.9 Å². The van der Waals surface area contributed by atoms with Crippen LogP contribution in [0.1, 0.15) is 40.0 Å². The van der Waals surface area contributed by atoms with Gasteiger partial charge in [0.2, 0.25) is 5.91 Å². The van der Waals surface area contributed by atoms with Crippen molar-refractivity contribution in [1.82, 2.24) is 14.2 Å². The molecule has 0 aromatic carbocycles. The van der Waals surface area contributed by atoms with Crippen LogP contribution in [0.3, 0.4) is 0 Å². The highest BCUT2D eigenvalue weighted by Crippen LogP contribution is 2.59. The van der Waals surface area contributed by atoms with Gasteiger partial charge in [-0.2, -0.15) is 5.10 Å². The molecule has 2 fully saturated rings. The number of ether oxygens (including phenoxy) is 1. The quantitative estimate of drug-likeness (QED) is 0.574.